The summed E-state index contributed by atoms with van der Waals surface area (Å²) >= 11 is 7.29. The Kier molecular flexibility index (Phi) is 7.71. The first kappa shape index (κ1) is 25.4. The second-order valence-corrected chi connectivity index (χ2v) is 9.24. The van der Waals surface area contributed by atoms with Crippen LogP contribution in [0.15, 0.2) is 69.6 Å². The molecule has 1 N–H and O–H groups in total. The van der Waals surface area contributed by atoms with Crippen molar-refractivity contribution in [1.82, 2.24) is 4.57 Å². The number of esters is 2. The highest BCUT2D eigenvalue weighted by Gasteiger charge is 2.33. The second kappa shape index (κ2) is 10.9. The van der Waals surface area contributed by atoms with Gasteiger partial charge in [-0.15, -0.1) is 0 Å². The molecule has 1 aliphatic rings. The third kappa shape index (κ3) is 5.12. The molecule has 1 aliphatic heterocycles. The number of carbonyl (C=O) groups is 2. The van der Waals surface area contributed by atoms with Gasteiger partial charge in [0, 0.05) is 16.9 Å². The van der Waals surface area contributed by atoms with Crippen molar-refractivity contribution in [3.8, 4) is 0 Å². The molecule has 10 heteroatoms. The normalized spacial score (nSPS) is 15.2. The van der Waals surface area contributed by atoms with Gasteiger partial charge in [-0.05, 0) is 62.7 Å². The summed E-state index contributed by atoms with van der Waals surface area (Å²) in [5.41, 5.74) is 2.33. The molecule has 36 heavy (non-hydrogen) atoms. The number of carbonyl (C=O) groups excluding carboxylic acids is 2. The first-order chi connectivity index (χ1) is 17.3. The van der Waals surface area contributed by atoms with Crippen LogP contribution in [0, 0.1) is 0 Å². The average Bonchev–Trinajstić information content (AvgIpc) is 3.17. The highest BCUT2D eigenvalue weighted by atomic mass is 35.5. The number of halogens is 1. The molecule has 3 aromatic rings. The fourth-order valence-corrected chi connectivity index (χ4v) is 4.91. The standard InChI is InChI=1S/C26H24ClN3O5S/c1-4-34-24(32)17-8-12-19(13-9-17)28-14-20-23(31)30-22(16-6-10-18(27)11-7-16)21(25(33)35-5-2)15(3)29-26(30)36-20/h6-14,22,28H,4-5H2,1-3H3/b20-14-/t22-/m0/s1. The first-order valence-electron chi connectivity index (χ1n) is 11.3. The zero-order valence-corrected chi connectivity index (χ0v) is 21.5. The van der Waals surface area contributed by atoms with Crippen LogP contribution >= 0.6 is 22.9 Å². The van der Waals surface area contributed by atoms with Crippen LogP contribution in [0.4, 0.5) is 5.69 Å². The van der Waals surface area contributed by atoms with Gasteiger partial charge in [-0.1, -0.05) is 35.1 Å². The SMILES string of the molecule is CCOC(=O)C1=C(C)N=c2s/c(=C\Nc3ccc(C(=O)OCC)cc3)c(=O)n2[C@H]1c1ccc(Cl)cc1. The van der Waals surface area contributed by atoms with Crippen molar-refractivity contribution >= 4 is 46.8 Å². The molecule has 0 unspecified atom stereocenters. The summed E-state index contributed by atoms with van der Waals surface area (Å²) < 4.78 is 12.2. The van der Waals surface area contributed by atoms with Crippen molar-refractivity contribution in [2.24, 2.45) is 4.99 Å². The maximum absolute atomic E-state index is 13.5. The lowest BCUT2D eigenvalue weighted by molar-refractivity contribution is -0.139. The van der Waals surface area contributed by atoms with E-state index in [1.165, 1.54) is 15.9 Å². The van der Waals surface area contributed by atoms with Crippen molar-refractivity contribution in [2.75, 3.05) is 18.5 Å². The molecule has 2 aromatic carbocycles. The summed E-state index contributed by atoms with van der Waals surface area (Å²) in [6.45, 7) is 5.71. The highest BCUT2D eigenvalue weighted by molar-refractivity contribution is 7.07. The largest absolute Gasteiger partial charge is 0.463 e. The maximum atomic E-state index is 13.5. The lowest BCUT2D eigenvalue weighted by atomic mass is 9.96. The van der Waals surface area contributed by atoms with Crippen molar-refractivity contribution in [2.45, 2.75) is 26.8 Å². The van der Waals surface area contributed by atoms with E-state index in [1.54, 1.807) is 75.5 Å². The van der Waals surface area contributed by atoms with Gasteiger partial charge < -0.3 is 14.8 Å². The van der Waals surface area contributed by atoms with Crippen LogP contribution in [0.5, 0.6) is 0 Å². The summed E-state index contributed by atoms with van der Waals surface area (Å²) in [5.74, 6) is -0.917. The summed E-state index contributed by atoms with van der Waals surface area (Å²) in [5, 5.41) is 3.64. The van der Waals surface area contributed by atoms with E-state index in [9.17, 15) is 14.4 Å². The molecule has 8 nitrogen and oxygen atoms in total. The molecule has 0 aliphatic carbocycles. The predicted octanol–water partition coefficient (Wildman–Crippen LogP) is 3.65. The minimum atomic E-state index is -0.705. The van der Waals surface area contributed by atoms with Crippen LogP contribution in [0.1, 0.15) is 42.7 Å². The molecular formula is C26H24ClN3O5S. The van der Waals surface area contributed by atoms with Crippen molar-refractivity contribution < 1.29 is 19.1 Å². The van der Waals surface area contributed by atoms with E-state index < -0.39 is 18.0 Å². The number of rotatable bonds is 7. The van der Waals surface area contributed by atoms with Crippen LogP contribution in [0.3, 0.4) is 0 Å². The number of benzene rings is 2. The monoisotopic (exact) mass is 525 g/mol. The van der Waals surface area contributed by atoms with Gasteiger partial charge in [-0.25, -0.2) is 14.6 Å². The Hall–Kier alpha value is -3.69. The number of nitrogens with zero attached hydrogens (tertiary/aromatic N) is 2. The van der Waals surface area contributed by atoms with Gasteiger partial charge in [-0.2, -0.15) is 0 Å². The number of hydrogen-bond donors (Lipinski definition) is 1. The Morgan fingerprint density at radius 2 is 1.69 bits per heavy atom. The molecule has 186 valence electrons. The fraction of sp³-hybridized carbons (Fsp3) is 0.231. The number of aromatic nitrogens is 1. The molecule has 0 spiro atoms. The number of fused-ring (bicyclic) bond motifs is 1. The molecule has 0 radical (unpaired) electrons. The number of ether oxygens (including phenoxy) is 2. The number of hydrogen-bond acceptors (Lipinski definition) is 8. The van der Waals surface area contributed by atoms with Gasteiger partial charge in [-0.3, -0.25) is 9.36 Å². The van der Waals surface area contributed by atoms with Crippen LogP contribution in [-0.2, 0) is 14.3 Å². The predicted molar refractivity (Wildman–Crippen MR) is 139 cm³/mol. The Morgan fingerprint density at radius 3 is 2.33 bits per heavy atom. The second-order valence-electron chi connectivity index (χ2n) is 7.80. The van der Waals surface area contributed by atoms with Gasteiger partial charge >= 0.3 is 11.9 Å². The molecule has 2 heterocycles. The van der Waals surface area contributed by atoms with E-state index in [0.717, 1.165) is 0 Å². The molecule has 0 saturated heterocycles. The Labute approximate surface area is 216 Å². The lowest BCUT2D eigenvalue weighted by Gasteiger charge is -2.24. The number of anilines is 1. The molecule has 4 rings (SSSR count). The topological polar surface area (TPSA) is 99.0 Å². The van der Waals surface area contributed by atoms with Crippen molar-refractivity contribution in [3.05, 3.63) is 95.6 Å². The smallest absolute Gasteiger partial charge is 0.338 e. The fourth-order valence-electron chi connectivity index (χ4n) is 3.82. The number of thiazole rings is 1. The molecule has 0 amide bonds. The zero-order chi connectivity index (χ0) is 25.8. The lowest BCUT2D eigenvalue weighted by Crippen LogP contribution is -2.40. The van der Waals surface area contributed by atoms with E-state index in [2.05, 4.69) is 10.3 Å². The van der Waals surface area contributed by atoms with Crippen LogP contribution < -0.4 is 20.2 Å². The van der Waals surface area contributed by atoms with Gasteiger partial charge in [0.15, 0.2) is 4.80 Å². The molecule has 1 aromatic heterocycles. The first-order valence-corrected chi connectivity index (χ1v) is 12.5. The number of nitrogens with one attached hydrogen (secondary N) is 1. The molecule has 0 bridgehead atoms. The Morgan fingerprint density at radius 1 is 1.06 bits per heavy atom. The third-order valence-electron chi connectivity index (χ3n) is 5.47. The van der Waals surface area contributed by atoms with Crippen LogP contribution in [0.2, 0.25) is 5.02 Å². The van der Waals surface area contributed by atoms with E-state index in [-0.39, 0.29) is 12.2 Å². The van der Waals surface area contributed by atoms with Crippen LogP contribution in [0.25, 0.3) is 6.20 Å². The molecule has 0 fully saturated rings. The highest BCUT2D eigenvalue weighted by Crippen LogP contribution is 2.31. The minimum absolute atomic E-state index is 0.201. The van der Waals surface area contributed by atoms with Crippen molar-refractivity contribution in [3.63, 3.8) is 0 Å². The average molecular weight is 526 g/mol. The molecule has 1 atom stereocenters. The van der Waals surface area contributed by atoms with Gasteiger partial charge in [0.2, 0.25) is 0 Å². The quantitative estimate of drug-likeness (QED) is 0.473. The maximum Gasteiger partial charge on any atom is 0.338 e. The Bertz CT molecular complexity index is 1500. The Balaban J connectivity index is 1.74. The minimum Gasteiger partial charge on any atom is -0.463 e. The van der Waals surface area contributed by atoms with Gasteiger partial charge in [0.1, 0.15) is 4.53 Å². The van der Waals surface area contributed by atoms with E-state index in [0.29, 0.717) is 49.0 Å². The summed E-state index contributed by atoms with van der Waals surface area (Å²) in [6.07, 6.45) is 1.59. The van der Waals surface area contributed by atoms with E-state index in [4.69, 9.17) is 21.1 Å². The third-order valence-corrected chi connectivity index (χ3v) is 6.70. The molecule has 0 saturated carbocycles. The summed E-state index contributed by atoms with van der Waals surface area (Å²) in [6, 6.07) is 13.0. The van der Waals surface area contributed by atoms with E-state index in [1.807, 2.05) is 0 Å². The van der Waals surface area contributed by atoms with E-state index >= 15 is 0 Å². The summed E-state index contributed by atoms with van der Waals surface area (Å²) in [4.78, 5) is 43.3. The molecular weight excluding hydrogens is 502 g/mol. The number of allylic oxidation sites excluding steroid dienone is 1. The van der Waals surface area contributed by atoms with Gasteiger partial charge in [0.25, 0.3) is 5.56 Å². The van der Waals surface area contributed by atoms with Crippen LogP contribution in [-0.4, -0.2) is 29.7 Å². The van der Waals surface area contributed by atoms with Gasteiger partial charge in [0.05, 0.1) is 36.1 Å². The summed E-state index contributed by atoms with van der Waals surface area (Å²) in [7, 11) is 0. The zero-order valence-electron chi connectivity index (χ0n) is 19.9. The van der Waals surface area contributed by atoms with Crippen molar-refractivity contribution in [1.29, 1.82) is 0 Å².